The fourth-order valence-electron chi connectivity index (χ4n) is 8.64. The van der Waals surface area contributed by atoms with E-state index in [-0.39, 0.29) is 5.92 Å². The number of nitrogens with zero attached hydrogens (tertiary/aromatic N) is 7. The summed E-state index contributed by atoms with van der Waals surface area (Å²) in [4.78, 5) is 22.2. The highest BCUT2D eigenvalue weighted by molar-refractivity contribution is 6.51. The number of hydrogen-bond donors (Lipinski definition) is 1. The largest absolute Gasteiger partial charge is 0.377 e. The molecule has 57 heavy (non-hydrogen) atoms. The van der Waals surface area contributed by atoms with Crippen molar-refractivity contribution in [1.29, 1.82) is 0 Å². The smallest absolute Gasteiger partial charge is 0.181 e. The number of aromatic nitrogens is 1. The third-order valence-electron chi connectivity index (χ3n) is 11.9. The summed E-state index contributed by atoms with van der Waals surface area (Å²) in [6.45, 7) is 2.72. The molecule has 1 N–H and O–H groups in total. The Morgan fingerprint density at radius 3 is 1.93 bits per heavy atom. The Balaban J connectivity index is 1.34. The van der Waals surface area contributed by atoms with Crippen LogP contribution in [-0.4, -0.2) is 116 Å². The molecule has 0 aliphatic carbocycles. The van der Waals surface area contributed by atoms with Crippen molar-refractivity contribution in [3.63, 3.8) is 0 Å². The first kappa shape index (κ1) is 38.6. The Hall–Kier alpha value is -3.92. The summed E-state index contributed by atoms with van der Waals surface area (Å²) in [6, 6.07) is 4.10. The van der Waals surface area contributed by atoms with Gasteiger partial charge in [-0.1, -0.05) is 47.5 Å². The molecule has 9 rings (SSSR count). The highest BCUT2D eigenvalue weighted by Crippen LogP contribution is 2.58. The maximum atomic E-state index is 8.11. The van der Waals surface area contributed by atoms with E-state index >= 15 is 0 Å². The van der Waals surface area contributed by atoms with Crippen LogP contribution in [0.2, 0.25) is 0 Å². The van der Waals surface area contributed by atoms with Gasteiger partial charge in [-0.05, 0) is 108 Å². The third-order valence-corrected chi connectivity index (χ3v) is 15.2. The first-order valence-corrected chi connectivity index (χ1v) is 21.0. The molecule has 1 aromatic rings. The van der Waals surface area contributed by atoms with Crippen molar-refractivity contribution >= 4 is 75.1 Å². The molecule has 0 spiro atoms. The Morgan fingerprint density at radius 2 is 1.32 bits per heavy atom. The van der Waals surface area contributed by atoms with Gasteiger partial charge in [0.25, 0.3) is 0 Å². The molecule has 1 aromatic heterocycles. The number of likely N-dealkylation sites (N-methyl/N-ethyl adjacent to an activating group) is 4. The van der Waals surface area contributed by atoms with Crippen LogP contribution in [0.15, 0.2) is 158 Å². The fraction of sp³-hybridized carbons (Fsp3) is 0.341. The third kappa shape index (κ3) is 6.12. The number of halogens is 5. The second-order valence-electron chi connectivity index (χ2n) is 15.8. The number of H-pyrrole nitrogens is 1. The summed E-state index contributed by atoms with van der Waals surface area (Å²) in [5.41, 5.74) is 8.85. The minimum atomic E-state index is -1.61. The minimum absolute atomic E-state index is 0.252. The number of rotatable bonds is 4. The van der Waals surface area contributed by atoms with E-state index in [1.54, 1.807) is 0 Å². The van der Waals surface area contributed by atoms with Gasteiger partial charge in [0.05, 0.1) is 28.4 Å². The zero-order valence-corrected chi connectivity index (χ0v) is 35.9. The van der Waals surface area contributed by atoms with E-state index in [1.807, 2.05) is 63.9 Å². The Bertz CT molecular complexity index is 2370. The van der Waals surface area contributed by atoms with Crippen LogP contribution in [-0.2, 0) is 4.87 Å². The normalized spacial score (nSPS) is 35.7. The first-order valence-electron chi connectivity index (χ1n) is 19.1. The topological polar surface area (TPSA) is 65.8 Å². The van der Waals surface area contributed by atoms with E-state index in [2.05, 4.69) is 98.7 Å². The fourth-order valence-corrected chi connectivity index (χ4v) is 10.6. The van der Waals surface area contributed by atoms with Crippen molar-refractivity contribution < 1.29 is 0 Å². The van der Waals surface area contributed by atoms with Crippen molar-refractivity contribution in [3.05, 3.63) is 155 Å². The molecule has 8 bridgehead atoms. The Kier molecular flexibility index (Phi) is 9.56. The zero-order valence-electron chi connectivity index (χ0n) is 32.1. The second kappa shape index (κ2) is 14.1. The van der Waals surface area contributed by atoms with Crippen LogP contribution in [0.3, 0.4) is 0 Å². The van der Waals surface area contributed by atoms with Crippen LogP contribution in [0.5, 0.6) is 0 Å². The molecule has 0 radical (unpaired) electrons. The van der Waals surface area contributed by atoms with E-state index in [1.165, 1.54) is 0 Å². The minimum Gasteiger partial charge on any atom is -0.377 e. The molecule has 0 saturated carbocycles. The maximum absolute atomic E-state index is 8.11. The van der Waals surface area contributed by atoms with Crippen molar-refractivity contribution in [2.75, 3.05) is 54.4 Å². The molecular weight excluding hydrogens is 818 g/mol. The van der Waals surface area contributed by atoms with E-state index in [4.69, 9.17) is 73.0 Å². The summed E-state index contributed by atoms with van der Waals surface area (Å²) in [7, 11) is 8.12. The zero-order chi connectivity index (χ0) is 39.9. The molecule has 6 unspecified atom stereocenters. The number of fused-ring (bicyclic) bond motifs is 5. The molecule has 8 aliphatic rings. The van der Waals surface area contributed by atoms with Crippen LogP contribution in [0.25, 0.3) is 0 Å². The molecule has 9 heterocycles. The first-order chi connectivity index (χ1) is 27.2. The van der Waals surface area contributed by atoms with Gasteiger partial charge >= 0.3 is 0 Å². The van der Waals surface area contributed by atoms with E-state index < -0.39 is 25.1 Å². The number of alkyl halides is 5. The summed E-state index contributed by atoms with van der Waals surface area (Å²) in [5, 5.41) is -0.744. The number of allylic oxidation sites excluding steroid dienone is 10. The van der Waals surface area contributed by atoms with Gasteiger partial charge in [0.2, 0.25) is 0 Å². The summed E-state index contributed by atoms with van der Waals surface area (Å²) in [5.74, 6) is -0.252. The lowest BCUT2D eigenvalue weighted by Gasteiger charge is -2.42. The lowest BCUT2D eigenvalue weighted by molar-refractivity contribution is 0.484. The monoisotopic (exact) mass is 858 g/mol. The van der Waals surface area contributed by atoms with Crippen LogP contribution in [0.1, 0.15) is 23.7 Å². The molecule has 0 saturated heterocycles. The van der Waals surface area contributed by atoms with Crippen molar-refractivity contribution in [2.24, 2.45) is 15.0 Å². The maximum Gasteiger partial charge on any atom is 0.181 e. The highest BCUT2D eigenvalue weighted by atomic mass is 35.5. The van der Waals surface area contributed by atoms with E-state index in [9.17, 15) is 0 Å². The number of hydrogen-bond acceptors (Lipinski definition) is 7. The van der Waals surface area contributed by atoms with Crippen molar-refractivity contribution in [2.45, 2.75) is 37.5 Å². The molecular formula is C44H43Cl5N8. The average Bonchev–Trinajstić information content (AvgIpc) is 4.02. The molecule has 13 heteroatoms. The summed E-state index contributed by atoms with van der Waals surface area (Å²) in [6.07, 6.45) is 33.1. The van der Waals surface area contributed by atoms with Gasteiger partial charge in [0.1, 0.15) is 0 Å². The lowest BCUT2D eigenvalue weighted by Crippen LogP contribution is -2.55. The van der Waals surface area contributed by atoms with Crippen molar-refractivity contribution in [3.8, 4) is 0 Å². The Labute approximate surface area is 359 Å². The van der Waals surface area contributed by atoms with Gasteiger partial charge in [-0.2, -0.15) is 0 Å². The number of aromatic amines is 1. The quantitative estimate of drug-likeness (QED) is 0.243. The van der Waals surface area contributed by atoms with Gasteiger partial charge in [0, 0.05) is 83.5 Å². The van der Waals surface area contributed by atoms with Crippen molar-refractivity contribution in [1.82, 2.24) is 24.6 Å². The van der Waals surface area contributed by atoms with Gasteiger partial charge < -0.3 is 24.6 Å². The highest BCUT2D eigenvalue weighted by Gasteiger charge is 2.64. The molecule has 294 valence electrons. The van der Waals surface area contributed by atoms with Crippen LogP contribution >= 0.6 is 58.0 Å². The lowest BCUT2D eigenvalue weighted by atomic mass is 9.82. The van der Waals surface area contributed by atoms with Crippen LogP contribution < -0.4 is 0 Å². The Morgan fingerprint density at radius 1 is 0.684 bits per heavy atom. The van der Waals surface area contributed by atoms with Gasteiger partial charge in [-0.3, -0.25) is 15.0 Å². The summed E-state index contributed by atoms with van der Waals surface area (Å²) < 4.78 is 0. The van der Waals surface area contributed by atoms with E-state index in [0.29, 0.717) is 30.9 Å². The van der Waals surface area contributed by atoms with Crippen LogP contribution in [0.4, 0.5) is 0 Å². The molecule has 0 aromatic carbocycles. The molecule has 0 amide bonds. The number of nitrogens with one attached hydrogen (secondary N) is 1. The SMILES string of the molecule is CN1C=CC(/C2=C3\C=CC(=N3)C(C3=CCN(C)C=C3)c3ccc([nH]3)C(Cl)(C3=CCN(C)C=C3)C3(Cl)C=CC(=N3)C(Cl)(C3=CCN(C)C=C3)C3(Cl)N=C2CC3Cl)=CC1. The van der Waals surface area contributed by atoms with E-state index in [0.717, 1.165) is 63.8 Å². The average molecular weight is 861 g/mol. The molecule has 8 aliphatic heterocycles. The van der Waals surface area contributed by atoms with Gasteiger partial charge in [-0.15, -0.1) is 34.8 Å². The van der Waals surface area contributed by atoms with Crippen LogP contribution in [0, 0.1) is 0 Å². The molecule has 8 nitrogen and oxygen atoms in total. The van der Waals surface area contributed by atoms with Gasteiger partial charge in [0.15, 0.2) is 19.7 Å². The standard InChI is InChI=1S/C44H43Cl5N8/c1-54-19-10-28(11-20-54)39-32-5-6-33(50-32)40(29-12-21-55(2)22-13-29)35-27-36(45)44(49,52-35)43(48,31-16-25-57(4)26-17-31)38-9-18-41(46,53-38)42(47,37-8-7-34(39)51-37)30-14-23-56(3)24-15-30/h5-19,21,23,25,36,39,51H,20,22,24,26-27H2,1-4H3/b40-33-. The van der Waals surface area contributed by atoms with Gasteiger partial charge in [-0.25, -0.2) is 0 Å². The summed E-state index contributed by atoms with van der Waals surface area (Å²) >= 11 is 39.5. The molecule has 6 atom stereocenters. The number of aliphatic imine (C=N–C) groups is 3. The molecule has 0 fully saturated rings. The second-order valence-corrected chi connectivity index (χ2v) is 18.6. The predicted octanol–water partition coefficient (Wildman–Crippen LogP) is 8.66. The predicted molar refractivity (Wildman–Crippen MR) is 238 cm³/mol.